The van der Waals surface area contributed by atoms with Crippen molar-refractivity contribution >= 4 is 6.08 Å². The second-order valence-electron chi connectivity index (χ2n) is 5.91. The molecule has 22 heavy (non-hydrogen) atoms. The van der Waals surface area contributed by atoms with Crippen molar-refractivity contribution in [1.29, 1.82) is 0 Å². The zero-order chi connectivity index (χ0) is 16.4. The second kappa shape index (κ2) is 10.4. The average Bonchev–Trinajstić information content (AvgIpc) is 2.51. The Hall–Kier alpha value is -1.32. The van der Waals surface area contributed by atoms with Gasteiger partial charge in [0.25, 0.3) is 0 Å². The van der Waals surface area contributed by atoms with Gasteiger partial charge in [-0.1, -0.05) is 51.0 Å². The Morgan fingerprint density at radius 2 is 1.82 bits per heavy atom. The van der Waals surface area contributed by atoms with Crippen molar-refractivity contribution in [3.05, 3.63) is 35.9 Å². The fraction of sp³-hybridized carbons (Fsp3) is 0.579. The molecule has 0 aromatic heterocycles. The van der Waals surface area contributed by atoms with Crippen LogP contribution in [-0.2, 0) is 0 Å². The van der Waals surface area contributed by atoms with Crippen LogP contribution < -0.4 is 4.74 Å². The van der Waals surface area contributed by atoms with Crippen molar-refractivity contribution in [1.82, 2.24) is 4.90 Å². The van der Waals surface area contributed by atoms with Crippen LogP contribution in [0.1, 0.15) is 45.1 Å². The van der Waals surface area contributed by atoms with Gasteiger partial charge in [-0.15, -0.1) is 0 Å². The minimum absolute atomic E-state index is 0.150. The van der Waals surface area contributed by atoms with Gasteiger partial charge in [-0.3, -0.25) is 0 Å². The number of likely N-dealkylation sites (N-methyl/N-ethyl adjacent to an activating group) is 1. The summed E-state index contributed by atoms with van der Waals surface area (Å²) in [5, 5.41) is 10.2. The highest BCUT2D eigenvalue weighted by Crippen LogP contribution is 2.15. The molecule has 3 nitrogen and oxygen atoms in total. The maximum Gasteiger partial charge on any atom is 0.119 e. The lowest BCUT2D eigenvalue weighted by Gasteiger charge is -2.25. The van der Waals surface area contributed by atoms with Crippen LogP contribution in [-0.4, -0.2) is 42.9 Å². The molecule has 0 bridgehead atoms. The highest BCUT2D eigenvalue weighted by Gasteiger charge is 2.16. The van der Waals surface area contributed by atoms with Gasteiger partial charge >= 0.3 is 0 Å². The van der Waals surface area contributed by atoms with E-state index in [2.05, 4.69) is 18.7 Å². The van der Waals surface area contributed by atoms with Crippen LogP contribution in [0.25, 0.3) is 6.08 Å². The largest absolute Gasteiger partial charge is 0.494 e. The second-order valence-corrected chi connectivity index (χ2v) is 5.91. The third-order valence-electron chi connectivity index (χ3n) is 3.86. The molecule has 0 spiro atoms. The third kappa shape index (κ3) is 6.63. The number of benzene rings is 1. The predicted molar refractivity (Wildman–Crippen MR) is 94.3 cm³/mol. The molecular weight excluding hydrogens is 274 g/mol. The molecule has 0 fully saturated rings. The molecule has 0 saturated carbocycles. The van der Waals surface area contributed by atoms with E-state index < -0.39 is 6.10 Å². The minimum atomic E-state index is -0.454. The van der Waals surface area contributed by atoms with Gasteiger partial charge < -0.3 is 14.7 Å². The zero-order valence-electron chi connectivity index (χ0n) is 14.5. The van der Waals surface area contributed by atoms with E-state index in [1.165, 1.54) is 12.8 Å². The van der Waals surface area contributed by atoms with Crippen LogP contribution in [0.3, 0.4) is 0 Å². The van der Waals surface area contributed by atoms with Gasteiger partial charge in [-0.25, -0.2) is 0 Å². The molecule has 0 saturated heterocycles. The molecule has 1 aromatic rings. The quantitative estimate of drug-likeness (QED) is 0.664. The van der Waals surface area contributed by atoms with E-state index in [-0.39, 0.29) is 6.04 Å². The summed E-state index contributed by atoms with van der Waals surface area (Å²) in [5.74, 6) is 0.911. The molecular formula is C19H31NO2. The summed E-state index contributed by atoms with van der Waals surface area (Å²) in [4.78, 5) is 2.06. The Balaban J connectivity index is 2.51. The summed E-state index contributed by atoms with van der Waals surface area (Å²) in [6, 6.07) is 8.17. The molecule has 124 valence electrons. The van der Waals surface area contributed by atoms with Crippen molar-refractivity contribution in [3.63, 3.8) is 0 Å². The number of hydrogen-bond acceptors (Lipinski definition) is 3. The molecule has 1 aromatic carbocycles. The number of aliphatic hydroxyl groups is 1. The maximum atomic E-state index is 10.2. The first-order valence-electron chi connectivity index (χ1n) is 8.34. The van der Waals surface area contributed by atoms with Gasteiger partial charge in [0, 0.05) is 6.04 Å². The van der Waals surface area contributed by atoms with E-state index in [1.54, 1.807) is 0 Å². The number of ether oxygens (including phenoxy) is 1. The maximum absolute atomic E-state index is 10.2. The SMILES string of the molecule is CCCCCOc1ccc(/C=C/[C@H](O)[C@@H](CC)N(C)C)cc1. The highest BCUT2D eigenvalue weighted by molar-refractivity contribution is 5.51. The Morgan fingerprint density at radius 1 is 1.14 bits per heavy atom. The summed E-state index contributed by atoms with van der Waals surface area (Å²) < 4.78 is 5.70. The van der Waals surface area contributed by atoms with E-state index in [9.17, 15) is 5.11 Å². The van der Waals surface area contributed by atoms with Crippen molar-refractivity contribution in [3.8, 4) is 5.75 Å². The summed E-state index contributed by atoms with van der Waals surface area (Å²) in [7, 11) is 3.99. The molecule has 0 aliphatic heterocycles. The standard InChI is InChI=1S/C19H31NO2/c1-5-7-8-15-22-17-12-9-16(10-13-17)11-14-19(21)18(6-2)20(3)4/h9-14,18-19,21H,5-8,15H2,1-4H3/b14-11+/t18-,19+/m1/s1. The van der Waals surface area contributed by atoms with Gasteiger partial charge in [0.05, 0.1) is 12.7 Å². The summed E-state index contributed by atoms with van der Waals surface area (Å²) in [6.07, 6.45) is 7.83. The molecule has 3 heteroatoms. The Bertz CT molecular complexity index is 426. The number of aliphatic hydroxyl groups excluding tert-OH is 1. The fourth-order valence-electron chi connectivity index (χ4n) is 2.47. The van der Waals surface area contributed by atoms with Crippen molar-refractivity contribution in [2.45, 2.75) is 51.7 Å². The van der Waals surface area contributed by atoms with Gasteiger partial charge in [-0.2, -0.15) is 0 Å². The average molecular weight is 305 g/mol. The first-order valence-corrected chi connectivity index (χ1v) is 8.34. The number of unbranched alkanes of at least 4 members (excludes halogenated alkanes) is 2. The van der Waals surface area contributed by atoms with E-state index >= 15 is 0 Å². The van der Waals surface area contributed by atoms with Crippen LogP contribution in [0.2, 0.25) is 0 Å². The van der Waals surface area contributed by atoms with Crippen LogP contribution >= 0.6 is 0 Å². The highest BCUT2D eigenvalue weighted by atomic mass is 16.5. The molecule has 0 aliphatic rings. The van der Waals surface area contributed by atoms with Gasteiger partial charge in [0.2, 0.25) is 0 Å². The normalized spacial score (nSPS) is 14.5. The molecule has 0 heterocycles. The van der Waals surface area contributed by atoms with E-state index in [4.69, 9.17) is 4.74 Å². The lowest BCUT2D eigenvalue weighted by atomic mass is 10.1. The van der Waals surface area contributed by atoms with Crippen LogP contribution in [0.4, 0.5) is 0 Å². The van der Waals surface area contributed by atoms with Crippen molar-refractivity contribution in [2.75, 3.05) is 20.7 Å². The molecule has 0 radical (unpaired) electrons. The molecule has 0 amide bonds. The van der Waals surface area contributed by atoms with Crippen LogP contribution in [0.15, 0.2) is 30.3 Å². The minimum Gasteiger partial charge on any atom is -0.494 e. The topological polar surface area (TPSA) is 32.7 Å². The van der Waals surface area contributed by atoms with Gasteiger partial charge in [0.15, 0.2) is 0 Å². The first-order chi connectivity index (χ1) is 10.6. The number of hydrogen-bond donors (Lipinski definition) is 1. The smallest absolute Gasteiger partial charge is 0.119 e. The first kappa shape index (κ1) is 18.7. The van der Waals surface area contributed by atoms with Gasteiger partial charge in [0.1, 0.15) is 5.75 Å². The number of nitrogens with zero attached hydrogens (tertiary/aromatic N) is 1. The molecule has 1 N–H and O–H groups in total. The Morgan fingerprint density at radius 3 is 2.36 bits per heavy atom. The lowest BCUT2D eigenvalue weighted by Crippen LogP contribution is -2.37. The van der Waals surface area contributed by atoms with Gasteiger partial charge in [-0.05, 0) is 44.6 Å². The zero-order valence-corrected chi connectivity index (χ0v) is 14.5. The Kier molecular flexibility index (Phi) is 8.86. The molecule has 0 unspecified atom stereocenters. The van der Waals surface area contributed by atoms with Crippen LogP contribution in [0.5, 0.6) is 5.75 Å². The fourth-order valence-corrected chi connectivity index (χ4v) is 2.47. The Labute approximate surface area is 135 Å². The number of rotatable bonds is 10. The van der Waals surface area contributed by atoms with E-state index in [1.807, 2.05) is 50.5 Å². The van der Waals surface area contributed by atoms with E-state index in [0.29, 0.717) is 0 Å². The van der Waals surface area contributed by atoms with E-state index in [0.717, 1.165) is 30.8 Å². The monoisotopic (exact) mass is 305 g/mol. The molecule has 2 atom stereocenters. The summed E-state index contributed by atoms with van der Waals surface area (Å²) in [5.41, 5.74) is 1.08. The van der Waals surface area contributed by atoms with Crippen molar-refractivity contribution < 1.29 is 9.84 Å². The lowest BCUT2D eigenvalue weighted by molar-refractivity contribution is 0.110. The third-order valence-corrected chi connectivity index (χ3v) is 3.86. The summed E-state index contributed by atoms with van der Waals surface area (Å²) >= 11 is 0. The van der Waals surface area contributed by atoms with Crippen LogP contribution in [0, 0.1) is 0 Å². The molecule has 1 rings (SSSR count). The van der Waals surface area contributed by atoms with Crippen molar-refractivity contribution in [2.24, 2.45) is 0 Å². The predicted octanol–water partition coefficient (Wildman–Crippen LogP) is 3.97. The summed E-state index contributed by atoms with van der Waals surface area (Å²) in [6.45, 7) is 5.06. The molecule has 0 aliphatic carbocycles.